The Balaban J connectivity index is 2.89. The van der Waals surface area contributed by atoms with Crippen molar-refractivity contribution in [2.45, 2.75) is 12.5 Å². The van der Waals surface area contributed by atoms with Crippen molar-refractivity contribution in [3.8, 4) is 17.2 Å². The van der Waals surface area contributed by atoms with Crippen LogP contribution in [0.4, 0.5) is 0 Å². The van der Waals surface area contributed by atoms with E-state index in [2.05, 4.69) is 5.32 Å². The lowest BCUT2D eigenvalue weighted by atomic mass is 10.1. The van der Waals surface area contributed by atoms with Crippen LogP contribution >= 0.6 is 11.8 Å². The summed E-state index contributed by atoms with van der Waals surface area (Å²) in [7, 11) is 4.23. The number of thioether (sulfide) groups is 1. The van der Waals surface area contributed by atoms with Gasteiger partial charge in [-0.3, -0.25) is 9.59 Å². The van der Waals surface area contributed by atoms with Gasteiger partial charge in [0, 0.05) is 5.56 Å². The fraction of sp³-hybridized carbons (Fsp3) is 0.438. The number of methoxy groups -OCH3 is 3. The Hall–Kier alpha value is -2.62. The average Bonchev–Trinajstić information content (AvgIpc) is 2.62. The predicted octanol–water partition coefficient (Wildman–Crippen LogP) is 1.10. The summed E-state index contributed by atoms with van der Waals surface area (Å²) in [5.41, 5.74) is 0.143. The first-order valence-electron chi connectivity index (χ1n) is 7.47. The smallest absolute Gasteiger partial charge is 0.326 e. The van der Waals surface area contributed by atoms with Crippen LogP contribution in [0.3, 0.4) is 0 Å². The standard InChI is InChI=1S/C16H21NO8S/c1-23-11-6-9(7-12(24-2)14(11)25-3)15(20)17-10(16(21)22)4-5-26-8-13(18)19/h6-7,10H,4-5,8H2,1-3H3,(H,17,20)(H,18,19)(H,21,22). The number of amides is 1. The monoisotopic (exact) mass is 387 g/mol. The van der Waals surface area contributed by atoms with Gasteiger partial charge in [-0.25, -0.2) is 4.79 Å². The molecule has 0 saturated heterocycles. The number of ether oxygens (including phenoxy) is 3. The molecule has 1 unspecified atom stereocenters. The van der Waals surface area contributed by atoms with E-state index in [1.807, 2.05) is 0 Å². The molecule has 144 valence electrons. The van der Waals surface area contributed by atoms with Crippen molar-refractivity contribution in [2.75, 3.05) is 32.8 Å². The van der Waals surface area contributed by atoms with Crippen LogP contribution in [0.25, 0.3) is 0 Å². The van der Waals surface area contributed by atoms with Gasteiger partial charge in [-0.05, 0) is 24.3 Å². The lowest BCUT2D eigenvalue weighted by molar-refractivity contribution is -0.139. The molecule has 10 heteroatoms. The van der Waals surface area contributed by atoms with Gasteiger partial charge in [0.25, 0.3) is 5.91 Å². The first-order chi connectivity index (χ1) is 12.3. The zero-order chi connectivity index (χ0) is 19.7. The molecule has 3 N–H and O–H groups in total. The summed E-state index contributed by atoms with van der Waals surface area (Å²) in [6, 6.07) is 1.67. The largest absolute Gasteiger partial charge is 0.493 e. The summed E-state index contributed by atoms with van der Waals surface area (Å²) in [4.78, 5) is 34.2. The van der Waals surface area contributed by atoms with Crippen LogP contribution in [-0.2, 0) is 9.59 Å². The second-order valence-corrected chi connectivity index (χ2v) is 6.12. The van der Waals surface area contributed by atoms with Gasteiger partial charge in [0.05, 0.1) is 27.1 Å². The van der Waals surface area contributed by atoms with Crippen LogP contribution in [0, 0.1) is 0 Å². The van der Waals surface area contributed by atoms with E-state index in [0.29, 0.717) is 5.75 Å². The number of aliphatic carboxylic acids is 2. The number of benzene rings is 1. The van der Waals surface area contributed by atoms with Gasteiger partial charge < -0.3 is 29.7 Å². The molecule has 1 rings (SSSR count). The van der Waals surface area contributed by atoms with Gasteiger partial charge in [-0.15, -0.1) is 0 Å². The lowest BCUT2D eigenvalue weighted by Crippen LogP contribution is -2.41. The highest BCUT2D eigenvalue weighted by Gasteiger charge is 2.23. The zero-order valence-corrected chi connectivity index (χ0v) is 15.4. The van der Waals surface area contributed by atoms with Crippen molar-refractivity contribution in [2.24, 2.45) is 0 Å². The van der Waals surface area contributed by atoms with E-state index >= 15 is 0 Å². The van der Waals surface area contributed by atoms with Gasteiger partial charge >= 0.3 is 11.9 Å². The number of hydrogen-bond donors (Lipinski definition) is 3. The first-order valence-corrected chi connectivity index (χ1v) is 8.62. The highest BCUT2D eigenvalue weighted by Crippen LogP contribution is 2.38. The minimum absolute atomic E-state index is 0.0868. The third-order valence-corrected chi connectivity index (χ3v) is 4.28. The maximum absolute atomic E-state index is 12.4. The molecule has 0 heterocycles. The van der Waals surface area contributed by atoms with E-state index in [4.69, 9.17) is 19.3 Å². The van der Waals surface area contributed by atoms with Crippen LogP contribution in [0.5, 0.6) is 17.2 Å². The third kappa shape index (κ3) is 6.03. The van der Waals surface area contributed by atoms with E-state index in [1.165, 1.54) is 33.5 Å². The maximum Gasteiger partial charge on any atom is 0.326 e. The van der Waals surface area contributed by atoms with Crippen LogP contribution in [0.1, 0.15) is 16.8 Å². The summed E-state index contributed by atoms with van der Waals surface area (Å²) in [5.74, 6) is -1.83. The summed E-state index contributed by atoms with van der Waals surface area (Å²) < 4.78 is 15.5. The van der Waals surface area contributed by atoms with Crippen molar-refractivity contribution in [3.63, 3.8) is 0 Å². The normalized spacial score (nSPS) is 11.3. The van der Waals surface area contributed by atoms with Crippen molar-refractivity contribution >= 4 is 29.6 Å². The molecule has 0 spiro atoms. The number of carbonyl (C=O) groups excluding carboxylic acids is 1. The summed E-state index contributed by atoms with van der Waals surface area (Å²) in [5, 5.41) is 20.2. The second kappa shape index (κ2) is 10.4. The highest BCUT2D eigenvalue weighted by molar-refractivity contribution is 7.99. The Morgan fingerprint density at radius 3 is 2.08 bits per heavy atom. The average molecular weight is 387 g/mol. The lowest BCUT2D eigenvalue weighted by Gasteiger charge is -2.16. The molecule has 1 aromatic carbocycles. The van der Waals surface area contributed by atoms with E-state index in [1.54, 1.807) is 0 Å². The zero-order valence-electron chi connectivity index (χ0n) is 14.6. The van der Waals surface area contributed by atoms with Gasteiger partial charge in [-0.1, -0.05) is 0 Å². The first kappa shape index (κ1) is 21.4. The number of hydrogen-bond acceptors (Lipinski definition) is 7. The highest BCUT2D eigenvalue weighted by atomic mass is 32.2. The van der Waals surface area contributed by atoms with E-state index in [0.717, 1.165) is 11.8 Å². The van der Waals surface area contributed by atoms with Gasteiger partial charge in [-0.2, -0.15) is 11.8 Å². The molecule has 1 aromatic rings. The van der Waals surface area contributed by atoms with E-state index in [-0.39, 0.29) is 35.0 Å². The van der Waals surface area contributed by atoms with Crippen LogP contribution in [0.2, 0.25) is 0 Å². The second-order valence-electron chi connectivity index (χ2n) is 5.01. The van der Waals surface area contributed by atoms with Crippen LogP contribution < -0.4 is 19.5 Å². The number of carboxylic acid groups (broad SMARTS) is 2. The van der Waals surface area contributed by atoms with Crippen LogP contribution in [-0.4, -0.2) is 66.9 Å². The fourth-order valence-electron chi connectivity index (χ4n) is 2.07. The fourth-order valence-corrected chi connectivity index (χ4v) is 2.79. The number of rotatable bonds is 11. The van der Waals surface area contributed by atoms with E-state index in [9.17, 15) is 19.5 Å². The van der Waals surface area contributed by atoms with Crippen molar-refractivity contribution in [1.29, 1.82) is 0 Å². The summed E-state index contributed by atoms with van der Waals surface area (Å²) in [6.07, 6.45) is 0.0868. The molecule has 0 fully saturated rings. The van der Waals surface area contributed by atoms with E-state index < -0.39 is 23.9 Å². The predicted molar refractivity (Wildman–Crippen MR) is 94.6 cm³/mol. The summed E-state index contributed by atoms with van der Waals surface area (Å²) in [6.45, 7) is 0. The molecule has 0 bridgehead atoms. The SMILES string of the molecule is COc1cc(C(=O)NC(CCSCC(=O)O)C(=O)O)cc(OC)c1OC. The maximum atomic E-state index is 12.4. The van der Waals surface area contributed by atoms with Gasteiger partial charge in [0.15, 0.2) is 11.5 Å². The quantitative estimate of drug-likeness (QED) is 0.478. The van der Waals surface area contributed by atoms with Crippen molar-refractivity contribution < 1.29 is 38.8 Å². The van der Waals surface area contributed by atoms with Gasteiger partial charge in [0.2, 0.25) is 5.75 Å². The molecule has 0 aliphatic carbocycles. The minimum atomic E-state index is -1.21. The Labute approximate surface area is 154 Å². The molecule has 9 nitrogen and oxygen atoms in total. The molecule has 0 saturated carbocycles. The number of carbonyl (C=O) groups is 3. The van der Waals surface area contributed by atoms with Gasteiger partial charge in [0.1, 0.15) is 6.04 Å². The topological polar surface area (TPSA) is 131 Å². The molecule has 0 aliphatic heterocycles. The Morgan fingerprint density at radius 2 is 1.65 bits per heavy atom. The molecular weight excluding hydrogens is 366 g/mol. The number of nitrogens with one attached hydrogen (secondary N) is 1. The molecule has 1 atom stereocenters. The van der Waals surface area contributed by atoms with Crippen molar-refractivity contribution in [3.05, 3.63) is 17.7 Å². The Morgan fingerprint density at radius 1 is 1.08 bits per heavy atom. The number of carboxylic acids is 2. The Kier molecular flexibility index (Phi) is 8.56. The molecule has 0 radical (unpaired) electrons. The minimum Gasteiger partial charge on any atom is -0.493 e. The molecular formula is C16H21NO8S. The molecule has 26 heavy (non-hydrogen) atoms. The third-order valence-electron chi connectivity index (χ3n) is 3.31. The molecule has 0 aromatic heterocycles. The van der Waals surface area contributed by atoms with Crippen molar-refractivity contribution in [1.82, 2.24) is 5.32 Å². The molecule has 1 amide bonds. The molecule has 0 aliphatic rings. The Bertz CT molecular complexity index is 639. The summed E-state index contributed by atoms with van der Waals surface area (Å²) >= 11 is 1.08. The van der Waals surface area contributed by atoms with Crippen LogP contribution in [0.15, 0.2) is 12.1 Å².